The van der Waals surface area contributed by atoms with Crippen molar-refractivity contribution in [3.63, 3.8) is 0 Å². The van der Waals surface area contributed by atoms with Gasteiger partial charge < -0.3 is 0 Å². The quantitative estimate of drug-likeness (QED) is 0.483. The Balaban J connectivity index is 2.88. The molecule has 0 saturated carbocycles. The molecule has 0 aliphatic rings. The van der Waals surface area contributed by atoms with Crippen molar-refractivity contribution in [1.82, 2.24) is 19.7 Å². The molecule has 0 aliphatic carbocycles. The van der Waals surface area contributed by atoms with Gasteiger partial charge in [0.1, 0.15) is 11.0 Å². The van der Waals surface area contributed by atoms with Crippen molar-refractivity contribution in [2.24, 2.45) is 7.05 Å². The zero-order valence-corrected chi connectivity index (χ0v) is 7.63. The van der Waals surface area contributed by atoms with Gasteiger partial charge in [0.05, 0.1) is 6.20 Å². The second kappa shape index (κ2) is 2.57. The van der Waals surface area contributed by atoms with Crippen molar-refractivity contribution in [3.8, 4) is 0 Å². The summed E-state index contributed by atoms with van der Waals surface area (Å²) in [7, 11) is 1.78. The minimum Gasteiger partial charge on any atom is -0.273 e. The lowest BCUT2D eigenvalue weighted by Crippen LogP contribution is -1.86. The lowest BCUT2D eigenvalue weighted by Gasteiger charge is -1.90. The van der Waals surface area contributed by atoms with Crippen LogP contribution in [-0.2, 0) is 7.05 Å². The molecule has 0 fully saturated rings. The van der Waals surface area contributed by atoms with Crippen LogP contribution in [-0.4, -0.2) is 19.7 Å². The average Bonchev–Trinajstić information content (AvgIpc) is 2.29. The minimum absolute atomic E-state index is 0.139. The van der Waals surface area contributed by atoms with Gasteiger partial charge in [-0.25, -0.2) is 9.97 Å². The molecule has 0 saturated heterocycles. The predicted molar refractivity (Wildman–Crippen MR) is 46.3 cm³/mol. The number of hydrogen-bond acceptors (Lipinski definition) is 3. The second-order valence-corrected chi connectivity index (χ2v) is 3.02. The van der Waals surface area contributed by atoms with E-state index in [0.29, 0.717) is 11.0 Å². The van der Waals surface area contributed by atoms with Gasteiger partial charge in [-0.2, -0.15) is 5.10 Å². The van der Waals surface area contributed by atoms with Crippen molar-refractivity contribution < 1.29 is 0 Å². The minimum atomic E-state index is 0.139. The molecule has 6 heteroatoms. The molecule has 0 aliphatic heterocycles. The number of fused-ring (bicyclic) bond motifs is 1. The molecule has 0 N–H and O–H groups in total. The summed E-state index contributed by atoms with van der Waals surface area (Å²) in [4.78, 5) is 7.70. The molecule has 2 aromatic rings. The molecule has 2 heterocycles. The summed E-state index contributed by atoms with van der Waals surface area (Å²) in [5, 5.41) is 4.48. The van der Waals surface area contributed by atoms with E-state index in [0.717, 1.165) is 0 Å². The Hall–Kier alpha value is -0.870. The van der Waals surface area contributed by atoms with Crippen LogP contribution in [0.4, 0.5) is 0 Å². The molecular weight excluding hydrogens is 199 g/mol. The summed E-state index contributed by atoms with van der Waals surface area (Å²) in [5.41, 5.74) is 1.23. The maximum absolute atomic E-state index is 5.76. The van der Waals surface area contributed by atoms with Gasteiger partial charge in [0.2, 0.25) is 5.28 Å². The highest BCUT2D eigenvalue weighted by atomic mass is 35.5. The van der Waals surface area contributed by atoms with Crippen LogP contribution in [0.15, 0.2) is 6.20 Å². The van der Waals surface area contributed by atoms with E-state index in [4.69, 9.17) is 23.2 Å². The van der Waals surface area contributed by atoms with Crippen LogP contribution < -0.4 is 0 Å². The summed E-state index contributed by atoms with van der Waals surface area (Å²) >= 11 is 11.4. The van der Waals surface area contributed by atoms with Crippen LogP contribution in [0.1, 0.15) is 0 Å². The first kappa shape index (κ1) is 7.76. The molecule has 62 valence electrons. The van der Waals surface area contributed by atoms with Crippen LogP contribution in [0.5, 0.6) is 0 Å². The van der Waals surface area contributed by atoms with Gasteiger partial charge in [0.25, 0.3) is 0 Å². The molecule has 4 nitrogen and oxygen atoms in total. The lowest BCUT2D eigenvalue weighted by atomic mass is 10.5. The van der Waals surface area contributed by atoms with E-state index < -0.39 is 0 Å². The number of aromatic nitrogens is 4. The number of aryl methyl sites for hydroxylation is 1. The molecule has 0 atom stereocenters. The van der Waals surface area contributed by atoms with Crippen LogP contribution in [0.3, 0.4) is 0 Å². The Morgan fingerprint density at radius 2 is 2.08 bits per heavy atom. The van der Waals surface area contributed by atoms with Gasteiger partial charge in [0, 0.05) is 7.05 Å². The van der Waals surface area contributed by atoms with E-state index in [1.807, 2.05) is 0 Å². The van der Waals surface area contributed by atoms with E-state index in [1.54, 1.807) is 17.9 Å². The number of nitrogens with zero attached hydrogens (tertiary/aromatic N) is 4. The van der Waals surface area contributed by atoms with Gasteiger partial charge in [0.15, 0.2) is 5.15 Å². The molecule has 0 radical (unpaired) electrons. The van der Waals surface area contributed by atoms with E-state index in [2.05, 4.69) is 15.1 Å². The van der Waals surface area contributed by atoms with Crippen LogP contribution in [0, 0.1) is 0 Å². The van der Waals surface area contributed by atoms with Gasteiger partial charge in [-0.05, 0) is 11.6 Å². The maximum Gasteiger partial charge on any atom is 0.224 e. The van der Waals surface area contributed by atoms with Crippen molar-refractivity contribution in [3.05, 3.63) is 16.6 Å². The van der Waals surface area contributed by atoms with Crippen LogP contribution in [0.2, 0.25) is 10.4 Å². The van der Waals surface area contributed by atoms with E-state index in [9.17, 15) is 0 Å². The third-order valence-electron chi connectivity index (χ3n) is 1.41. The normalized spacial score (nSPS) is 10.9. The van der Waals surface area contributed by atoms with Crippen molar-refractivity contribution in [2.45, 2.75) is 0 Å². The highest BCUT2D eigenvalue weighted by molar-refractivity contribution is 6.35. The molecule has 0 unspecified atom stereocenters. The van der Waals surface area contributed by atoms with Crippen LogP contribution >= 0.6 is 23.2 Å². The second-order valence-electron chi connectivity index (χ2n) is 2.32. The standard InChI is InChI=1S/C6H4Cl2N4/c1-12-2-3-4(11-12)5(7)10-6(8)9-3/h2H,1H3. The zero-order chi connectivity index (χ0) is 8.72. The fourth-order valence-corrected chi connectivity index (χ4v) is 1.40. The van der Waals surface area contributed by atoms with Gasteiger partial charge in [-0.1, -0.05) is 11.6 Å². The molecule has 2 rings (SSSR count). The lowest BCUT2D eigenvalue weighted by molar-refractivity contribution is 0.779. The van der Waals surface area contributed by atoms with E-state index >= 15 is 0 Å². The Morgan fingerprint density at radius 3 is 2.83 bits per heavy atom. The largest absolute Gasteiger partial charge is 0.273 e. The molecule has 0 aromatic carbocycles. The number of halogens is 2. The molecular formula is C6H4Cl2N4. The van der Waals surface area contributed by atoms with Gasteiger partial charge in [-0.15, -0.1) is 0 Å². The zero-order valence-electron chi connectivity index (χ0n) is 6.12. The smallest absolute Gasteiger partial charge is 0.224 e. The fraction of sp³-hybridized carbons (Fsp3) is 0.167. The molecule has 0 amide bonds. The summed E-state index contributed by atoms with van der Waals surface area (Å²) in [6, 6.07) is 0. The number of rotatable bonds is 0. The molecule has 12 heavy (non-hydrogen) atoms. The van der Waals surface area contributed by atoms with Gasteiger partial charge in [-0.3, -0.25) is 4.68 Å². The van der Waals surface area contributed by atoms with Crippen molar-refractivity contribution in [1.29, 1.82) is 0 Å². The monoisotopic (exact) mass is 202 g/mol. The van der Waals surface area contributed by atoms with Crippen molar-refractivity contribution >= 4 is 34.2 Å². The molecule has 2 aromatic heterocycles. The summed E-state index contributed by atoms with van der Waals surface area (Å²) in [6.45, 7) is 0. The molecule has 0 bridgehead atoms. The highest BCUT2D eigenvalue weighted by Crippen LogP contribution is 2.19. The fourth-order valence-electron chi connectivity index (χ4n) is 0.963. The summed E-state index contributed by atoms with van der Waals surface area (Å²) in [6.07, 6.45) is 1.73. The SMILES string of the molecule is Cn1cc2nc(Cl)nc(Cl)c2n1. The highest BCUT2D eigenvalue weighted by Gasteiger charge is 2.07. The maximum atomic E-state index is 5.76. The Labute approximate surface area is 78.1 Å². The third-order valence-corrected chi connectivity index (χ3v) is 1.84. The third kappa shape index (κ3) is 1.13. The summed E-state index contributed by atoms with van der Waals surface area (Å²) in [5.74, 6) is 0. The summed E-state index contributed by atoms with van der Waals surface area (Å²) < 4.78 is 1.61. The predicted octanol–water partition coefficient (Wildman–Crippen LogP) is 1.67. The molecule has 0 spiro atoms. The Morgan fingerprint density at radius 1 is 1.33 bits per heavy atom. The first-order chi connectivity index (χ1) is 5.66. The van der Waals surface area contributed by atoms with E-state index in [1.165, 1.54) is 0 Å². The van der Waals surface area contributed by atoms with E-state index in [-0.39, 0.29) is 10.4 Å². The first-order valence-corrected chi connectivity index (χ1v) is 3.95. The topological polar surface area (TPSA) is 43.6 Å². The Bertz CT molecular complexity index is 436. The average molecular weight is 203 g/mol. The Kier molecular flexibility index (Phi) is 1.66. The first-order valence-electron chi connectivity index (χ1n) is 3.19. The van der Waals surface area contributed by atoms with Crippen molar-refractivity contribution in [2.75, 3.05) is 0 Å². The van der Waals surface area contributed by atoms with Gasteiger partial charge >= 0.3 is 0 Å². The number of hydrogen-bond donors (Lipinski definition) is 0. The van der Waals surface area contributed by atoms with Crippen LogP contribution in [0.25, 0.3) is 11.0 Å².